The third kappa shape index (κ3) is 6.13. The number of rotatable bonds is 6. The average Bonchev–Trinajstić information content (AvgIpc) is 3.34. The molecule has 1 aliphatic heterocycles. The van der Waals surface area contributed by atoms with E-state index in [0.29, 0.717) is 6.54 Å². The number of aliphatic hydroxyl groups excluding tert-OH is 1. The van der Waals surface area contributed by atoms with Crippen LogP contribution in [0.2, 0.25) is 0 Å². The Kier molecular flexibility index (Phi) is 8.24. The molecule has 4 N–H and O–H groups in total. The van der Waals surface area contributed by atoms with Crippen LogP contribution in [0.5, 0.6) is 5.75 Å². The van der Waals surface area contributed by atoms with Crippen molar-refractivity contribution < 1.29 is 29.6 Å². The van der Waals surface area contributed by atoms with Crippen molar-refractivity contribution in [3.63, 3.8) is 0 Å². The van der Waals surface area contributed by atoms with Gasteiger partial charge in [0.25, 0.3) is 0 Å². The molecule has 34 heavy (non-hydrogen) atoms. The number of aliphatic carboxylic acids is 2. The van der Waals surface area contributed by atoms with Crippen LogP contribution in [-0.4, -0.2) is 69.5 Å². The second-order valence-electron chi connectivity index (χ2n) is 8.13. The van der Waals surface area contributed by atoms with Crippen molar-refractivity contribution >= 4 is 22.8 Å². The van der Waals surface area contributed by atoms with E-state index >= 15 is 0 Å². The number of hydrogen-bond acceptors (Lipinski definition) is 6. The Bertz CT molecular complexity index is 1130. The number of likely N-dealkylation sites (tertiary alicyclic amines) is 1. The molecule has 0 unspecified atom stereocenters. The Morgan fingerprint density at radius 2 is 1.74 bits per heavy atom. The second kappa shape index (κ2) is 11.3. The number of β-amino-alcohol motifs (C(OH)–C–C–N with tert-alkyl or cyclic N) is 1. The molecule has 1 fully saturated rings. The fourth-order valence-corrected chi connectivity index (χ4v) is 4.06. The lowest BCUT2D eigenvalue weighted by Gasteiger charge is -2.38. The van der Waals surface area contributed by atoms with Gasteiger partial charge in [-0.15, -0.1) is 0 Å². The van der Waals surface area contributed by atoms with Gasteiger partial charge < -0.3 is 29.9 Å². The first-order valence-electron chi connectivity index (χ1n) is 10.9. The average molecular weight is 466 g/mol. The van der Waals surface area contributed by atoms with Gasteiger partial charge in [0.05, 0.1) is 11.5 Å². The number of nitriles is 1. The summed E-state index contributed by atoms with van der Waals surface area (Å²) in [6, 6.07) is 20.4. The van der Waals surface area contributed by atoms with Gasteiger partial charge in [0, 0.05) is 36.7 Å². The maximum Gasteiger partial charge on any atom is 0.414 e. The smallest absolute Gasteiger partial charge is 0.414 e. The van der Waals surface area contributed by atoms with Crippen molar-refractivity contribution in [3.05, 3.63) is 66.4 Å². The highest BCUT2D eigenvalue weighted by Gasteiger charge is 2.36. The summed E-state index contributed by atoms with van der Waals surface area (Å²) in [6.07, 6.45) is 2.88. The van der Waals surface area contributed by atoms with E-state index in [0.717, 1.165) is 48.1 Å². The summed E-state index contributed by atoms with van der Waals surface area (Å²) in [5.41, 5.74) is 1.71. The van der Waals surface area contributed by atoms with Crippen LogP contribution in [0.25, 0.3) is 10.9 Å². The van der Waals surface area contributed by atoms with Crippen LogP contribution in [0.1, 0.15) is 18.4 Å². The molecule has 0 bridgehead atoms. The molecule has 2 heterocycles. The van der Waals surface area contributed by atoms with E-state index in [1.165, 1.54) is 0 Å². The molecule has 9 nitrogen and oxygen atoms in total. The van der Waals surface area contributed by atoms with Gasteiger partial charge in [0.2, 0.25) is 0 Å². The topological polar surface area (TPSA) is 147 Å². The molecule has 1 saturated heterocycles. The number of carboxylic acid groups (broad SMARTS) is 2. The number of carbonyl (C=O) groups is 2. The maximum atomic E-state index is 10.5. The zero-order valence-electron chi connectivity index (χ0n) is 18.6. The third-order valence-electron chi connectivity index (χ3n) is 5.89. The first-order valence-corrected chi connectivity index (χ1v) is 10.9. The number of H-pyrrole nitrogens is 1. The number of fused-ring (bicyclic) bond motifs is 1. The lowest BCUT2D eigenvalue weighted by atomic mass is 9.74. The minimum Gasteiger partial charge on any atom is -0.490 e. The number of nitrogens with zero attached hydrogens (tertiary/aromatic N) is 2. The first kappa shape index (κ1) is 24.8. The maximum absolute atomic E-state index is 10.5. The number of aromatic amines is 1. The molecule has 1 atom stereocenters. The molecule has 9 heteroatoms. The predicted octanol–water partition coefficient (Wildman–Crippen LogP) is 2.62. The fraction of sp³-hybridized carbons (Fsp3) is 0.320. The summed E-state index contributed by atoms with van der Waals surface area (Å²) in [7, 11) is 0. The highest BCUT2D eigenvalue weighted by Crippen LogP contribution is 2.34. The van der Waals surface area contributed by atoms with Gasteiger partial charge in [0.15, 0.2) is 0 Å². The summed E-state index contributed by atoms with van der Waals surface area (Å²) >= 11 is 0. The molecule has 0 amide bonds. The van der Waals surface area contributed by atoms with E-state index in [4.69, 9.17) is 24.5 Å². The molecule has 2 aromatic carbocycles. The zero-order chi connectivity index (χ0) is 24.6. The van der Waals surface area contributed by atoms with Crippen LogP contribution in [0.15, 0.2) is 60.8 Å². The molecule has 4 rings (SSSR count). The molecular formula is C25H27N3O6. The van der Waals surface area contributed by atoms with Crippen molar-refractivity contribution in [3.8, 4) is 11.8 Å². The summed E-state index contributed by atoms with van der Waals surface area (Å²) in [5.74, 6) is -2.87. The number of carboxylic acids is 2. The van der Waals surface area contributed by atoms with Crippen LogP contribution < -0.4 is 4.74 Å². The predicted molar refractivity (Wildman–Crippen MR) is 124 cm³/mol. The monoisotopic (exact) mass is 465 g/mol. The number of ether oxygens (including phenoxy) is 1. The number of benzene rings is 2. The third-order valence-corrected chi connectivity index (χ3v) is 5.89. The number of aromatic nitrogens is 1. The molecule has 0 radical (unpaired) electrons. The Balaban J connectivity index is 0.000000481. The van der Waals surface area contributed by atoms with Gasteiger partial charge in [-0.2, -0.15) is 5.26 Å². The van der Waals surface area contributed by atoms with E-state index < -0.39 is 23.5 Å². The molecule has 1 aliphatic rings. The van der Waals surface area contributed by atoms with Crippen LogP contribution >= 0.6 is 0 Å². The lowest BCUT2D eigenvalue weighted by Crippen LogP contribution is -2.45. The van der Waals surface area contributed by atoms with Crippen molar-refractivity contribution in [1.29, 1.82) is 5.26 Å². The highest BCUT2D eigenvalue weighted by molar-refractivity contribution is 6.27. The van der Waals surface area contributed by atoms with E-state index in [2.05, 4.69) is 16.0 Å². The minimum atomic E-state index is -1.82. The van der Waals surface area contributed by atoms with Crippen LogP contribution in [-0.2, 0) is 15.0 Å². The normalized spacial score (nSPS) is 16.0. The molecule has 178 valence electrons. The number of nitrogens with one attached hydrogen (secondary N) is 1. The number of hydrogen-bond donors (Lipinski definition) is 4. The summed E-state index contributed by atoms with van der Waals surface area (Å²) < 4.78 is 5.86. The number of piperidine rings is 1. The van der Waals surface area contributed by atoms with Gasteiger partial charge in [-0.05, 0) is 36.6 Å². The standard InChI is InChI=1S/C23H25N3O2.C2H2O4/c24-17-23(18-5-2-1-3-6-18)10-13-26(14-11-23)15-19(27)16-28-22-8-4-7-21-20(22)9-12-25-21;3-1(4)2(5)6/h1-9,12,19,25,27H,10-11,13-16H2;(H,3,4)(H,5,6)/t19-;/m0./s1. The minimum absolute atomic E-state index is 0.253. The number of aliphatic hydroxyl groups is 1. The van der Waals surface area contributed by atoms with E-state index in [1.54, 1.807) is 0 Å². The van der Waals surface area contributed by atoms with Crippen LogP contribution in [0, 0.1) is 11.3 Å². The fourth-order valence-electron chi connectivity index (χ4n) is 4.06. The van der Waals surface area contributed by atoms with E-state index in [1.807, 2.05) is 60.8 Å². The van der Waals surface area contributed by atoms with Gasteiger partial charge in [0.1, 0.15) is 18.5 Å². The Morgan fingerprint density at radius 1 is 1.06 bits per heavy atom. The molecule has 0 aliphatic carbocycles. The Morgan fingerprint density at radius 3 is 2.35 bits per heavy atom. The lowest BCUT2D eigenvalue weighted by molar-refractivity contribution is -0.159. The molecule has 1 aromatic heterocycles. The van der Waals surface area contributed by atoms with Crippen molar-refractivity contribution in [2.75, 3.05) is 26.2 Å². The molecule has 0 spiro atoms. The SMILES string of the molecule is N#CC1(c2ccccc2)CCN(C[C@H](O)COc2cccc3[nH]ccc23)CC1.O=C(O)C(=O)O. The Labute approximate surface area is 196 Å². The van der Waals surface area contributed by atoms with Gasteiger partial charge in [-0.1, -0.05) is 36.4 Å². The second-order valence-corrected chi connectivity index (χ2v) is 8.13. The largest absolute Gasteiger partial charge is 0.490 e. The van der Waals surface area contributed by atoms with Crippen molar-refractivity contribution in [2.45, 2.75) is 24.4 Å². The zero-order valence-corrected chi connectivity index (χ0v) is 18.6. The molecule has 0 saturated carbocycles. The van der Waals surface area contributed by atoms with Gasteiger partial charge in [-0.3, -0.25) is 0 Å². The molecular weight excluding hydrogens is 438 g/mol. The first-order chi connectivity index (χ1) is 16.3. The van der Waals surface area contributed by atoms with Gasteiger partial charge in [-0.25, -0.2) is 9.59 Å². The van der Waals surface area contributed by atoms with E-state index in [9.17, 15) is 10.4 Å². The van der Waals surface area contributed by atoms with Crippen LogP contribution in [0.4, 0.5) is 0 Å². The van der Waals surface area contributed by atoms with Crippen molar-refractivity contribution in [2.24, 2.45) is 0 Å². The highest BCUT2D eigenvalue weighted by atomic mass is 16.5. The van der Waals surface area contributed by atoms with Crippen LogP contribution in [0.3, 0.4) is 0 Å². The summed E-state index contributed by atoms with van der Waals surface area (Å²) in [5, 5.41) is 36.1. The van der Waals surface area contributed by atoms with E-state index in [-0.39, 0.29) is 6.61 Å². The van der Waals surface area contributed by atoms with Gasteiger partial charge >= 0.3 is 11.9 Å². The van der Waals surface area contributed by atoms with Crippen molar-refractivity contribution in [1.82, 2.24) is 9.88 Å². The Hall–Kier alpha value is -3.87. The molecule has 3 aromatic rings. The summed E-state index contributed by atoms with van der Waals surface area (Å²) in [4.78, 5) is 23.6. The quantitative estimate of drug-likeness (QED) is 0.406. The summed E-state index contributed by atoms with van der Waals surface area (Å²) in [6.45, 7) is 2.40.